The molecule has 0 saturated carbocycles. The van der Waals surface area contributed by atoms with Gasteiger partial charge in [0.1, 0.15) is 6.33 Å². The van der Waals surface area contributed by atoms with Crippen molar-refractivity contribution < 1.29 is 4.79 Å². The third-order valence-electron chi connectivity index (χ3n) is 4.72. The number of carbonyl (C=O) groups is 1. The van der Waals surface area contributed by atoms with E-state index in [0.29, 0.717) is 0 Å². The van der Waals surface area contributed by atoms with Crippen molar-refractivity contribution in [3.05, 3.63) is 84.7 Å². The first-order chi connectivity index (χ1) is 13.1. The first-order valence-electron chi connectivity index (χ1n) is 9.02. The first kappa shape index (κ1) is 17.0. The number of carbonyl (C=O) groups excluding carboxylic acids is 1. The first-order valence-corrected chi connectivity index (χ1v) is 9.02. The Morgan fingerprint density at radius 3 is 2.52 bits per heavy atom. The quantitative estimate of drug-likeness (QED) is 0.566. The Morgan fingerprint density at radius 2 is 1.74 bits per heavy atom. The van der Waals surface area contributed by atoms with Gasteiger partial charge in [-0.05, 0) is 47.9 Å². The summed E-state index contributed by atoms with van der Waals surface area (Å²) in [5, 5.41) is 2.91. The van der Waals surface area contributed by atoms with Crippen LogP contribution in [0.25, 0.3) is 27.8 Å². The highest BCUT2D eigenvalue weighted by molar-refractivity contribution is 5.79. The zero-order valence-corrected chi connectivity index (χ0v) is 15.4. The minimum Gasteiger partial charge on any atom is -0.350 e. The number of aromatic nitrogens is 2. The molecule has 0 unspecified atom stereocenters. The predicted molar refractivity (Wildman–Crippen MR) is 109 cm³/mol. The van der Waals surface area contributed by atoms with E-state index < -0.39 is 0 Å². The van der Waals surface area contributed by atoms with Crippen molar-refractivity contribution in [3.63, 3.8) is 0 Å². The Kier molecular flexibility index (Phi) is 4.47. The summed E-state index contributed by atoms with van der Waals surface area (Å²) >= 11 is 0. The SMILES string of the molecule is CC(=O)N[C@H](C)c1ccc2c(c1)ncn2-c1cccc(-c2ccccc2)c1. The van der Waals surface area contributed by atoms with E-state index in [9.17, 15) is 4.79 Å². The minimum atomic E-state index is -0.0431. The molecule has 134 valence electrons. The molecule has 0 aliphatic carbocycles. The van der Waals surface area contributed by atoms with Gasteiger partial charge in [-0.25, -0.2) is 4.98 Å². The van der Waals surface area contributed by atoms with E-state index in [1.807, 2.05) is 43.6 Å². The standard InChI is InChI=1S/C23H21N3O/c1-16(25-17(2)27)19-11-12-23-22(14-19)24-15-26(23)21-10-6-9-20(13-21)18-7-4-3-5-8-18/h3-16H,1-2H3,(H,25,27)/t16-/m1/s1. The number of benzene rings is 3. The molecule has 1 aromatic heterocycles. The van der Waals surface area contributed by atoms with Crippen LogP contribution in [0.4, 0.5) is 0 Å². The molecule has 0 aliphatic rings. The molecule has 4 nitrogen and oxygen atoms in total. The van der Waals surface area contributed by atoms with Crippen LogP contribution in [-0.2, 0) is 4.79 Å². The number of nitrogens with one attached hydrogen (secondary N) is 1. The number of imidazole rings is 1. The second-order valence-corrected chi connectivity index (χ2v) is 6.70. The van der Waals surface area contributed by atoms with Gasteiger partial charge >= 0.3 is 0 Å². The predicted octanol–water partition coefficient (Wildman–Crippen LogP) is 4.89. The van der Waals surface area contributed by atoms with Gasteiger partial charge in [-0.1, -0.05) is 48.5 Å². The van der Waals surface area contributed by atoms with E-state index in [4.69, 9.17) is 0 Å². The van der Waals surface area contributed by atoms with Crippen LogP contribution >= 0.6 is 0 Å². The second-order valence-electron chi connectivity index (χ2n) is 6.70. The van der Waals surface area contributed by atoms with Crippen molar-refractivity contribution >= 4 is 16.9 Å². The van der Waals surface area contributed by atoms with Crippen LogP contribution < -0.4 is 5.32 Å². The van der Waals surface area contributed by atoms with Gasteiger partial charge in [0.15, 0.2) is 0 Å². The number of hydrogen-bond donors (Lipinski definition) is 1. The Morgan fingerprint density at radius 1 is 0.963 bits per heavy atom. The molecule has 1 N–H and O–H groups in total. The second kappa shape index (κ2) is 7.08. The van der Waals surface area contributed by atoms with E-state index >= 15 is 0 Å². The summed E-state index contributed by atoms with van der Waals surface area (Å²) in [7, 11) is 0. The molecule has 0 bridgehead atoms. The van der Waals surface area contributed by atoms with Crippen molar-refractivity contribution in [1.82, 2.24) is 14.9 Å². The Balaban J connectivity index is 1.72. The lowest BCUT2D eigenvalue weighted by molar-refractivity contribution is -0.119. The summed E-state index contributed by atoms with van der Waals surface area (Å²) in [5.74, 6) is -0.0362. The van der Waals surface area contributed by atoms with E-state index in [2.05, 4.69) is 57.3 Å². The maximum Gasteiger partial charge on any atom is 0.217 e. The maximum atomic E-state index is 11.3. The number of fused-ring (bicyclic) bond motifs is 1. The van der Waals surface area contributed by atoms with E-state index in [-0.39, 0.29) is 11.9 Å². The van der Waals surface area contributed by atoms with Gasteiger partial charge in [0, 0.05) is 12.6 Å². The fourth-order valence-electron chi connectivity index (χ4n) is 3.36. The Labute approximate surface area is 158 Å². The molecule has 1 atom stereocenters. The third-order valence-corrected chi connectivity index (χ3v) is 4.72. The molecule has 0 aliphatic heterocycles. The summed E-state index contributed by atoms with van der Waals surface area (Å²) in [6.45, 7) is 3.51. The van der Waals surface area contributed by atoms with Crippen molar-refractivity contribution in [3.8, 4) is 16.8 Å². The van der Waals surface area contributed by atoms with Crippen LogP contribution in [0, 0.1) is 0 Å². The maximum absolute atomic E-state index is 11.3. The molecular weight excluding hydrogens is 334 g/mol. The molecule has 1 amide bonds. The topological polar surface area (TPSA) is 46.9 Å². The van der Waals surface area contributed by atoms with Crippen molar-refractivity contribution in [2.24, 2.45) is 0 Å². The molecule has 0 spiro atoms. The molecule has 3 aromatic carbocycles. The number of amides is 1. The lowest BCUT2D eigenvalue weighted by atomic mass is 10.1. The normalized spacial score (nSPS) is 12.1. The minimum absolute atomic E-state index is 0.0362. The summed E-state index contributed by atoms with van der Waals surface area (Å²) in [6.07, 6.45) is 1.85. The lowest BCUT2D eigenvalue weighted by Gasteiger charge is -2.13. The zero-order chi connectivity index (χ0) is 18.8. The van der Waals surface area contributed by atoms with Gasteiger partial charge in [-0.3, -0.25) is 9.36 Å². The monoisotopic (exact) mass is 355 g/mol. The van der Waals surface area contributed by atoms with Crippen molar-refractivity contribution in [2.75, 3.05) is 0 Å². The summed E-state index contributed by atoms with van der Waals surface area (Å²) in [4.78, 5) is 15.9. The average molecular weight is 355 g/mol. The fraction of sp³-hybridized carbons (Fsp3) is 0.130. The van der Waals surface area contributed by atoms with Gasteiger partial charge in [-0.2, -0.15) is 0 Å². The van der Waals surface area contributed by atoms with Crippen LogP contribution in [0.3, 0.4) is 0 Å². The Bertz CT molecular complexity index is 1100. The lowest BCUT2D eigenvalue weighted by Crippen LogP contribution is -2.23. The number of hydrogen-bond acceptors (Lipinski definition) is 2. The summed E-state index contributed by atoms with van der Waals surface area (Å²) in [5.41, 5.74) is 6.43. The molecule has 27 heavy (non-hydrogen) atoms. The van der Waals surface area contributed by atoms with Crippen LogP contribution in [0.5, 0.6) is 0 Å². The van der Waals surface area contributed by atoms with Gasteiger partial charge < -0.3 is 5.32 Å². The smallest absolute Gasteiger partial charge is 0.217 e. The largest absolute Gasteiger partial charge is 0.350 e. The van der Waals surface area contributed by atoms with Crippen molar-refractivity contribution in [2.45, 2.75) is 19.9 Å². The summed E-state index contributed by atoms with van der Waals surface area (Å²) in [6, 6.07) is 24.9. The number of nitrogens with zero attached hydrogens (tertiary/aromatic N) is 2. The number of rotatable bonds is 4. The highest BCUT2D eigenvalue weighted by Crippen LogP contribution is 2.26. The fourth-order valence-corrected chi connectivity index (χ4v) is 3.36. The van der Waals surface area contributed by atoms with E-state index in [1.54, 1.807) is 0 Å². The molecule has 0 radical (unpaired) electrons. The van der Waals surface area contributed by atoms with Gasteiger partial charge in [0.2, 0.25) is 5.91 Å². The highest BCUT2D eigenvalue weighted by atomic mass is 16.1. The van der Waals surface area contributed by atoms with Crippen LogP contribution in [0.15, 0.2) is 79.1 Å². The molecule has 4 aromatic rings. The molecule has 1 heterocycles. The molecule has 4 rings (SSSR count). The van der Waals surface area contributed by atoms with E-state index in [1.165, 1.54) is 18.1 Å². The molecule has 4 heteroatoms. The van der Waals surface area contributed by atoms with Crippen molar-refractivity contribution in [1.29, 1.82) is 0 Å². The van der Waals surface area contributed by atoms with Crippen LogP contribution in [0.1, 0.15) is 25.5 Å². The molecular formula is C23H21N3O. The Hall–Kier alpha value is -3.40. The highest BCUT2D eigenvalue weighted by Gasteiger charge is 2.11. The van der Waals surface area contributed by atoms with E-state index in [0.717, 1.165) is 22.3 Å². The molecule has 0 saturated heterocycles. The third kappa shape index (κ3) is 3.47. The van der Waals surface area contributed by atoms with Gasteiger partial charge in [0.25, 0.3) is 0 Å². The van der Waals surface area contributed by atoms with Gasteiger partial charge in [0.05, 0.1) is 17.1 Å². The van der Waals surface area contributed by atoms with Gasteiger partial charge in [-0.15, -0.1) is 0 Å². The zero-order valence-electron chi connectivity index (χ0n) is 15.4. The molecule has 0 fully saturated rings. The summed E-state index contributed by atoms with van der Waals surface area (Å²) < 4.78 is 2.09. The van der Waals surface area contributed by atoms with Crippen LogP contribution in [-0.4, -0.2) is 15.5 Å². The van der Waals surface area contributed by atoms with Crippen LogP contribution in [0.2, 0.25) is 0 Å². The average Bonchev–Trinajstić information content (AvgIpc) is 3.11.